The van der Waals surface area contributed by atoms with Crippen molar-refractivity contribution in [2.24, 2.45) is 17.6 Å². The smallest absolute Gasteiger partial charge is 0.326 e. The molecule has 0 saturated carbocycles. The average Bonchev–Trinajstić information content (AvgIpc) is 3.33. The Hall–Kier alpha value is -3.05. The van der Waals surface area contributed by atoms with E-state index in [1.807, 2.05) is 57.5 Å². The number of carbonyl (C=O) groups excluding carboxylic acids is 3. The Morgan fingerprint density at radius 2 is 1.56 bits per heavy atom. The molecule has 2 rings (SSSR count). The minimum atomic E-state index is -1.12. The predicted octanol–water partition coefficient (Wildman–Crippen LogP) is 2.42. The minimum Gasteiger partial charge on any atom is -0.480 e. The number of H-pyrrole nitrogens is 1. The van der Waals surface area contributed by atoms with Crippen LogP contribution in [-0.2, 0) is 25.6 Å². The molecule has 0 aliphatic rings. The molecule has 0 aliphatic heterocycles. The maximum Gasteiger partial charge on any atom is 0.326 e. The van der Waals surface area contributed by atoms with Crippen molar-refractivity contribution in [2.45, 2.75) is 77.5 Å². The number of aliphatic carboxylic acids is 1. The zero-order valence-electron chi connectivity index (χ0n) is 23.5. The van der Waals surface area contributed by atoms with Crippen LogP contribution in [-0.4, -0.2) is 70.0 Å². The number of carboxylic acid groups (broad SMARTS) is 1. The van der Waals surface area contributed by atoms with E-state index >= 15 is 0 Å². The summed E-state index contributed by atoms with van der Waals surface area (Å²) >= 11 is 1.51. The highest BCUT2D eigenvalue weighted by atomic mass is 32.2. The van der Waals surface area contributed by atoms with Gasteiger partial charge in [-0.1, -0.05) is 58.7 Å². The lowest BCUT2D eigenvalue weighted by Crippen LogP contribution is -2.59. The fourth-order valence-corrected chi connectivity index (χ4v) is 4.77. The van der Waals surface area contributed by atoms with Crippen molar-refractivity contribution >= 4 is 46.4 Å². The lowest BCUT2D eigenvalue weighted by molar-refractivity contribution is -0.144. The molecule has 1 heterocycles. The minimum absolute atomic E-state index is 0.231. The van der Waals surface area contributed by atoms with E-state index in [2.05, 4.69) is 20.9 Å². The Kier molecular flexibility index (Phi) is 12.8. The molecule has 0 saturated heterocycles. The number of amides is 3. The van der Waals surface area contributed by atoms with Crippen LogP contribution in [0.15, 0.2) is 30.5 Å². The number of nitrogens with one attached hydrogen (secondary N) is 4. The number of hydrogen-bond acceptors (Lipinski definition) is 6. The summed E-state index contributed by atoms with van der Waals surface area (Å²) in [6.45, 7) is 7.35. The predicted molar refractivity (Wildman–Crippen MR) is 155 cm³/mol. The van der Waals surface area contributed by atoms with E-state index in [0.29, 0.717) is 25.0 Å². The van der Waals surface area contributed by atoms with Gasteiger partial charge in [0.2, 0.25) is 17.7 Å². The van der Waals surface area contributed by atoms with Crippen molar-refractivity contribution in [3.8, 4) is 0 Å². The van der Waals surface area contributed by atoms with Gasteiger partial charge in [0, 0.05) is 17.1 Å². The second-order valence-electron chi connectivity index (χ2n) is 10.1. The highest BCUT2D eigenvalue weighted by Gasteiger charge is 2.33. The zero-order valence-corrected chi connectivity index (χ0v) is 24.3. The summed E-state index contributed by atoms with van der Waals surface area (Å²) in [7, 11) is 0. The molecule has 0 aliphatic carbocycles. The highest BCUT2D eigenvalue weighted by Crippen LogP contribution is 2.19. The number of fused-ring (bicyclic) bond motifs is 1. The summed E-state index contributed by atoms with van der Waals surface area (Å²) in [5, 5.41) is 18.7. The largest absolute Gasteiger partial charge is 0.480 e. The third-order valence-corrected chi connectivity index (χ3v) is 7.91. The van der Waals surface area contributed by atoms with E-state index in [-0.39, 0.29) is 18.3 Å². The quantitative estimate of drug-likeness (QED) is 0.183. The topological polar surface area (TPSA) is 166 Å². The number of carboxylic acids is 1. The van der Waals surface area contributed by atoms with E-state index in [1.165, 1.54) is 11.8 Å². The summed E-state index contributed by atoms with van der Waals surface area (Å²) in [4.78, 5) is 54.5. The Morgan fingerprint density at radius 3 is 2.18 bits per heavy atom. The number of carbonyl (C=O) groups is 4. The number of hydrogen-bond donors (Lipinski definition) is 6. The van der Waals surface area contributed by atoms with Crippen molar-refractivity contribution in [2.75, 3.05) is 12.0 Å². The van der Waals surface area contributed by atoms with Gasteiger partial charge in [0.15, 0.2) is 0 Å². The number of rotatable bonds is 16. The Morgan fingerprint density at radius 1 is 0.949 bits per heavy atom. The van der Waals surface area contributed by atoms with Gasteiger partial charge in [0.25, 0.3) is 0 Å². The first-order chi connectivity index (χ1) is 18.5. The SMILES string of the molecule is CCC(C)C(NC(=O)C(CCSC)NC(=O)C(NC(=O)C(N)Cc1c[nH]c2ccccc12)C(C)CC)C(=O)O. The van der Waals surface area contributed by atoms with Crippen molar-refractivity contribution in [3.05, 3.63) is 36.0 Å². The summed E-state index contributed by atoms with van der Waals surface area (Å²) in [6, 6.07) is 3.93. The summed E-state index contributed by atoms with van der Waals surface area (Å²) in [5.74, 6) is -2.59. The third kappa shape index (κ3) is 8.99. The number of aromatic amines is 1. The molecule has 0 fully saturated rings. The van der Waals surface area contributed by atoms with Gasteiger partial charge >= 0.3 is 5.97 Å². The maximum absolute atomic E-state index is 13.4. The molecule has 11 heteroatoms. The number of aromatic nitrogens is 1. The maximum atomic E-state index is 13.4. The first-order valence-corrected chi connectivity index (χ1v) is 14.9. The van der Waals surface area contributed by atoms with Crippen LogP contribution >= 0.6 is 11.8 Å². The van der Waals surface area contributed by atoms with Crippen LogP contribution < -0.4 is 21.7 Å². The van der Waals surface area contributed by atoms with E-state index < -0.39 is 47.9 Å². The van der Waals surface area contributed by atoms with Gasteiger partial charge in [0.1, 0.15) is 18.1 Å². The van der Waals surface area contributed by atoms with Gasteiger partial charge in [-0.15, -0.1) is 0 Å². The van der Waals surface area contributed by atoms with E-state index in [9.17, 15) is 24.3 Å². The zero-order chi connectivity index (χ0) is 29.1. The molecule has 10 nitrogen and oxygen atoms in total. The van der Waals surface area contributed by atoms with Crippen LogP contribution in [0.25, 0.3) is 10.9 Å². The molecule has 39 heavy (non-hydrogen) atoms. The molecule has 0 bridgehead atoms. The highest BCUT2D eigenvalue weighted by molar-refractivity contribution is 7.98. The Labute approximate surface area is 234 Å². The normalized spacial score (nSPS) is 15.9. The van der Waals surface area contributed by atoms with E-state index in [0.717, 1.165) is 16.5 Å². The lowest BCUT2D eigenvalue weighted by atomic mass is 9.96. The molecule has 1 aromatic heterocycles. The van der Waals surface area contributed by atoms with Crippen LogP contribution in [0, 0.1) is 11.8 Å². The van der Waals surface area contributed by atoms with Gasteiger partial charge < -0.3 is 31.8 Å². The van der Waals surface area contributed by atoms with Crippen molar-refractivity contribution in [1.29, 1.82) is 0 Å². The number of nitrogens with two attached hydrogens (primary N) is 1. The molecule has 3 amide bonds. The summed E-state index contributed by atoms with van der Waals surface area (Å²) < 4.78 is 0. The van der Waals surface area contributed by atoms with Gasteiger partial charge in [-0.3, -0.25) is 14.4 Å². The fourth-order valence-electron chi connectivity index (χ4n) is 4.30. The molecular weight excluding hydrogens is 518 g/mol. The lowest BCUT2D eigenvalue weighted by Gasteiger charge is -2.28. The van der Waals surface area contributed by atoms with Crippen LogP contribution in [0.2, 0.25) is 0 Å². The molecular formula is C28H43N5O5S. The monoisotopic (exact) mass is 561 g/mol. The van der Waals surface area contributed by atoms with E-state index in [1.54, 1.807) is 6.92 Å². The second kappa shape index (κ2) is 15.5. The first kappa shape index (κ1) is 32.2. The fraction of sp³-hybridized carbons (Fsp3) is 0.571. The summed E-state index contributed by atoms with van der Waals surface area (Å²) in [6.07, 6.45) is 5.48. The summed E-state index contributed by atoms with van der Waals surface area (Å²) in [5.41, 5.74) is 8.10. The van der Waals surface area contributed by atoms with Crippen molar-refractivity contribution in [1.82, 2.24) is 20.9 Å². The van der Waals surface area contributed by atoms with Crippen LogP contribution in [0.4, 0.5) is 0 Å². The molecule has 1 aromatic carbocycles. The first-order valence-electron chi connectivity index (χ1n) is 13.5. The van der Waals surface area contributed by atoms with Gasteiger partial charge in [0.05, 0.1) is 6.04 Å². The molecule has 6 unspecified atom stereocenters. The molecule has 2 aromatic rings. The second-order valence-corrected chi connectivity index (χ2v) is 11.1. The van der Waals surface area contributed by atoms with Crippen molar-refractivity contribution in [3.63, 3.8) is 0 Å². The van der Waals surface area contributed by atoms with Crippen molar-refractivity contribution < 1.29 is 24.3 Å². The van der Waals surface area contributed by atoms with E-state index in [4.69, 9.17) is 5.73 Å². The third-order valence-electron chi connectivity index (χ3n) is 7.27. The van der Waals surface area contributed by atoms with Crippen LogP contribution in [0.1, 0.15) is 52.5 Å². The Balaban J connectivity index is 2.14. The van der Waals surface area contributed by atoms with Gasteiger partial charge in [-0.2, -0.15) is 11.8 Å². The Bertz CT molecular complexity index is 1120. The van der Waals surface area contributed by atoms with Crippen LogP contribution in [0.5, 0.6) is 0 Å². The van der Waals surface area contributed by atoms with Gasteiger partial charge in [-0.25, -0.2) is 4.79 Å². The molecule has 216 valence electrons. The number of benzene rings is 1. The standard InChI is InChI=1S/C28H43N5O5S/c1-6-16(3)23(32-25(34)20(29)14-18-15-30-21-11-9-8-10-19(18)21)27(36)31-22(12-13-39-5)26(35)33-24(28(37)38)17(4)7-2/h8-11,15-17,20,22-24,30H,6-7,12-14,29H2,1-5H3,(H,31,36)(H,32,34)(H,33,35)(H,37,38). The van der Waals surface area contributed by atoms with Crippen LogP contribution in [0.3, 0.4) is 0 Å². The molecule has 6 atom stereocenters. The molecule has 0 spiro atoms. The number of para-hydroxylation sites is 1. The van der Waals surface area contributed by atoms with Gasteiger partial charge in [-0.05, 0) is 48.3 Å². The number of thioether (sulfide) groups is 1. The molecule has 0 radical (unpaired) electrons. The average molecular weight is 562 g/mol. The molecule has 7 N–H and O–H groups in total.